The van der Waals surface area contributed by atoms with E-state index in [0.29, 0.717) is 11.4 Å². The Hall–Kier alpha value is 0.780. The maximum atomic E-state index is 5.98. The minimum atomic E-state index is 0.434. The van der Waals surface area contributed by atoms with Gasteiger partial charge in [0.05, 0.1) is 5.37 Å². The molecule has 0 aliphatic carbocycles. The SMILES string of the molecule is CC1CSC(c2cc(Br)c(Cl)s2)N1. The Morgan fingerprint density at radius 1 is 1.69 bits per heavy atom. The molecular weight excluding hydrogens is 290 g/mol. The van der Waals surface area contributed by atoms with E-state index in [-0.39, 0.29) is 0 Å². The van der Waals surface area contributed by atoms with E-state index in [1.54, 1.807) is 11.3 Å². The summed E-state index contributed by atoms with van der Waals surface area (Å²) in [4.78, 5) is 1.31. The van der Waals surface area contributed by atoms with Crippen LogP contribution in [0.1, 0.15) is 17.2 Å². The number of hydrogen-bond acceptors (Lipinski definition) is 3. The van der Waals surface area contributed by atoms with Gasteiger partial charge in [0.2, 0.25) is 0 Å². The van der Waals surface area contributed by atoms with Gasteiger partial charge in [0.1, 0.15) is 4.34 Å². The van der Waals surface area contributed by atoms with Crippen LogP contribution in [0.15, 0.2) is 10.5 Å². The van der Waals surface area contributed by atoms with Crippen molar-refractivity contribution in [2.24, 2.45) is 0 Å². The number of thiophene rings is 1. The van der Waals surface area contributed by atoms with Crippen molar-refractivity contribution in [3.63, 3.8) is 0 Å². The highest BCUT2D eigenvalue weighted by Crippen LogP contribution is 2.41. The Morgan fingerprint density at radius 3 is 2.92 bits per heavy atom. The minimum Gasteiger partial charge on any atom is -0.298 e. The van der Waals surface area contributed by atoms with Crippen LogP contribution in [0.2, 0.25) is 4.34 Å². The summed E-state index contributed by atoms with van der Waals surface area (Å²) in [5, 5.41) is 3.94. The fraction of sp³-hybridized carbons (Fsp3) is 0.500. The van der Waals surface area contributed by atoms with E-state index in [4.69, 9.17) is 11.6 Å². The Kier molecular flexibility index (Phi) is 3.25. The van der Waals surface area contributed by atoms with Crippen LogP contribution in [0, 0.1) is 0 Å². The third-order valence-electron chi connectivity index (χ3n) is 1.87. The molecule has 2 rings (SSSR count). The van der Waals surface area contributed by atoms with Crippen LogP contribution in [0.4, 0.5) is 0 Å². The van der Waals surface area contributed by atoms with Gasteiger partial charge in [-0.2, -0.15) is 0 Å². The fourth-order valence-corrected chi connectivity index (χ4v) is 4.42. The second kappa shape index (κ2) is 4.11. The first-order chi connectivity index (χ1) is 6.16. The van der Waals surface area contributed by atoms with E-state index in [1.165, 1.54) is 10.6 Å². The van der Waals surface area contributed by atoms with Crippen molar-refractivity contribution >= 4 is 50.6 Å². The van der Waals surface area contributed by atoms with Crippen molar-refractivity contribution in [2.75, 3.05) is 5.75 Å². The molecule has 5 heteroatoms. The standard InChI is InChI=1S/C8H9BrClNS2/c1-4-3-12-8(11-4)6-2-5(9)7(10)13-6/h2,4,8,11H,3H2,1H3. The number of thioether (sulfide) groups is 1. The molecule has 0 saturated carbocycles. The highest BCUT2D eigenvalue weighted by Gasteiger charge is 2.24. The lowest BCUT2D eigenvalue weighted by molar-refractivity contribution is 0.623. The van der Waals surface area contributed by atoms with Gasteiger partial charge in [0.25, 0.3) is 0 Å². The molecule has 1 nitrogen and oxygen atoms in total. The molecule has 0 aromatic carbocycles. The summed E-state index contributed by atoms with van der Waals surface area (Å²) in [5.74, 6) is 1.18. The predicted molar refractivity (Wildman–Crippen MR) is 64.8 cm³/mol. The Balaban J connectivity index is 2.17. The Bertz CT molecular complexity index is 296. The number of rotatable bonds is 1. The van der Waals surface area contributed by atoms with Crippen molar-refractivity contribution in [3.05, 3.63) is 19.8 Å². The van der Waals surface area contributed by atoms with Crippen LogP contribution < -0.4 is 5.32 Å². The van der Waals surface area contributed by atoms with E-state index in [9.17, 15) is 0 Å². The molecule has 1 aromatic heterocycles. The lowest BCUT2D eigenvalue weighted by atomic mass is 10.4. The molecule has 0 spiro atoms. The maximum absolute atomic E-state index is 5.98. The molecule has 1 saturated heterocycles. The highest BCUT2D eigenvalue weighted by molar-refractivity contribution is 9.10. The van der Waals surface area contributed by atoms with Gasteiger partial charge >= 0.3 is 0 Å². The summed E-state index contributed by atoms with van der Waals surface area (Å²) in [6.45, 7) is 2.21. The molecule has 0 amide bonds. The highest BCUT2D eigenvalue weighted by atomic mass is 79.9. The molecule has 13 heavy (non-hydrogen) atoms. The average molecular weight is 299 g/mol. The molecule has 0 bridgehead atoms. The zero-order chi connectivity index (χ0) is 9.42. The van der Waals surface area contributed by atoms with Crippen LogP contribution in [-0.2, 0) is 0 Å². The van der Waals surface area contributed by atoms with Crippen molar-refractivity contribution in [2.45, 2.75) is 18.3 Å². The molecule has 72 valence electrons. The third kappa shape index (κ3) is 2.23. The first kappa shape index (κ1) is 10.3. The molecule has 0 radical (unpaired) electrons. The Morgan fingerprint density at radius 2 is 2.46 bits per heavy atom. The molecule has 2 heterocycles. The van der Waals surface area contributed by atoms with Gasteiger partial charge in [-0.3, -0.25) is 5.32 Å². The van der Waals surface area contributed by atoms with Crippen molar-refractivity contribution in [1.29, 1.82) is 0 Å². The third-order valence-corrected chi connectivity index (χ3v) is 5.98. The summed E-state index contributed by atoms with van der Waals surface area (Å²) in [6, 6.07) is 2.71. The van der Waals surface area contributed by atoms with Gasteiger partial charge in [-0.05, 0) is 28.9 Å². The minimum absolute atomic E-state index is 0.434. The summed E-state index contributed by atoms with van der Waals surface area (Å²) in [5.41, 5.74) is 0. The van der Waals surface area contributed by atoms with E-state index in [0.717, 1.165) is 8.81 Å². The summed E-state index contributed by atoms with van der Waals surface area (Å²) in [6.07, 6.45) is 0. The van der Waals surface area contributed by atoms with Crippen LogP contribution >= 0.6 is 50.6 Å². The zero-order valence-corrected chi connectivity index (χ0v) is 11.0. The molecular formula is C8H9BrClNS2. The van der Waals surface area contributed by atoms with E-state index < -0.39 is 0 Å². The molecule has 1 fully saturated rings. The molecule has 2 atom stereocenters. The molecule has 2 unspecified atom stereocenters. The van der Waals surface area contributed by atoms with Crippen molar-refractivity contribution in [1.82, 2.24) is 5.32 Å². The van der Waals surface area contributed by atoms with Gasteiger partial charge < -0.3 is 0 Å². The molecule has 1 aliphatic rings. The first-order valence-electron chi connectivity index (χ1n) is 3.99. The van der Waals surface area contributed by atoms with Gasteiger partial charge in [-0.1, -0.05) is 11.6 Å². The number of halogens is 2. The molecule has 1 aliphatic heterocycles. The van der Waals surface area contributed by atoms with Gasteiger partial charge in [-0.15, -0.1) is 23.1 Å². The van der Waals surface area contributed by atoms with Crippen LogP contribution in [-0.4, -0.2) is 11.8 Å². The first-order valence-corrected chi connectivity index (χ1v) is 7.03. The maximum Gasteiger partial charge on any atom is 0.107 e. The van der Waals surface area contributed by atoms with Crippen LogP contribution in [0.3, 0.4) is 0 Å². The Labute approximate surface area is 99.4 Å². The van der Waals surface area contributed by atoms with E-state index in [1.807, 2.05) is 11.8 Å². The van der Waals surface area contributed by atoms with Gasteiger partial charge in [-0.25, -0.2) is 0 Å². The second-order valence-corrected chi connectivity index (χ2v) is 6.73. The zero-order valence-electron chi connectivity index (χ0n) is 7.01. The lowest BCUT2D eigenvalue weighted by Gasteiger charge is -2.07. The summed E-state index contributed by atoms with van der Waals surface area (Å²) >= 11 is 13.0. The predicted octanol–water partition coefficient (Wildman–Crippen LogP) is 3.89. The van der Waals surface area contributed by atoms with E-state index in [2.05, 4.69) is 34.2 Å². The normalized spacial score (nSPS) is 28.2. The van der Waals surface area contributed by atoms with Gasteiger partial charge in [0.15, 0.2) is 0 Å². The summed E-state index contributed by atoms with van der Waals surface area (Å²) in [7, 11) is 0. The second-order valence-electron chi connectivity index (χ2n) is 3.05. The van der Waals surface area contributed by atoms with Crippen molar-refractivity contribution < 1.29 is 0 Å². The largest absolute Gasteiger partial charge is 0.298 e. The molecule has 1 aromatic rings. The molecule has 1 N–H and O–H groups in total. The van der Waals surface area contributed by atoms with Gasteiger partial charge in [0, 0.05) is 21.1 Å². The lowest BCUT2D eigenvalue weighted by Crippen LogP contribution is -2.21. The van der Waals surface area contributed by atoms with Crippen LogP contribution in [0.5, 0.6) is 0 Å². The quantitative estimate of drug-likeness (QED) is 0.844. The monoisotopic (exact) mass is 297 g/mol. The summed E-state index contributed by atoms with van der Waals surface area (Å²) < 4.78 is 1.85. The van der Waals surface area contributed by atoms with E-state index >= 15 is 0 Å². The van der Waals surface area contributed by atoms with Crippen molar-refractivity contribution in [3.8, 4) is 0 Å². The number of nitrogens with one attached hydrogen (secondary N) is 1. The fourth-order valence-electron chi connectivity index (χ4n) is 1.25. The number of hydrogen-bond donors (Lipinski definition) is 1. The topological polar surface area (TPSA) is 12.0 Å². The smallest absolute Gasteiger partial charge is 0.107 e. The van der Waals surface area contributed by atoms with Crippen LogP contribution in [0.25, 0.3) is 0 Å². The average Bonchev–Trinajstić information content (AvgIpc) is 2.61.